The zero-order valence-electron chi connectivity index (χ0n) is 14.4. The van der Waals surface area contributed by atoms with E-state index in [9.17, 15) is 5.11 Å². The second kappa shape index (κ2) is 9.73. The van der Waals surface area contributed by atoms with Crippen molar-refractivity contribution in [1.29, 1.82) is 0 Å². The van der Waals surface area contributed by atoms with Gasteiger partial charge in [0.1, 0.15) is 17.1 Å². The van der Waals surface area contributed by atoms with Gasteiger partial charge in [0.15, 0.2) is 0 Å². The van der Waals surface area contributed by atoms with Crippen molar-refractivity contribution in [3.63, 3.8) is 0 Å². The van der Waals surface area contributed by atoms with Crippen LogP contribution in [0.3, 0.4) is 0 Å². The summed E-state index contributed by atoms with van der Waals surface area (Å²) in [5.41, 5.74) is 13.1. The van der Waals surface area contributed by atoms with Crippen LogP contribution in [-0.2, 0) is 18.7 Å². The molecule has 0 spiro atoms. The molecule has 3 aromatic rings. The zero-order chi connectivity index (χ0) is 20.8. The van der Waals surface area contributed by atoms with Gasteiger partial charge in [0.25, 0.3) is 0 Å². The summed E-state index contributed by atoms with van der Waals surface area (Å²) in [6.45, 7) is 0. The molecule has 0 fully saturated rings. The summed E-state index contributed by atoms with van der Waals surface area (Å²) in [5.74, 6) is -0.128. The van der Waals surface area contributed by atoms with Gasteiger partial charge >= 0.3 is 0 Å². The third-order valence-electron chi connectivity index (χ3n) is 3.63. The molecule has 0 aromatic heterocycles. The lowest BCUT2D eigenvalue weighted by molar-refractivity contribution is -0.432. The summed E-state index contributed by atoms with van der Waals surface area (Å²) in [4.78, 5) is 0.890. The Morgan fingerprint density at radius 3 is 2.38 bits per heavy atom. The van der Waals surface area contributed by atoms with Crippen molar-refractivity contribution >= 4 is 57.6 Å². The number of nitrogen functional groups attached to an aromatic ring is 2. The van der Waals surface area contributed by atoms with E-state index in [4.69, 9.17) is 22.0 Å². The first-order chi connectivity index (χ1) is 14.0. The minimum absolute atomic E-state index is 0.128. The highest BCUT2D eigenvalue weighted by atomic mass is 32.2. The van der Waals surface area contributed by atoms with Gasteiger partial charge in [-0.3, -0.25) is 0 Å². The summed E-state index contributed by atoms with van der Waals surface area (Å²) in [6, 6.07) is 11.1. The first kappa shape index (κ1) is 21.1. The third-order valence-corrected chi connectivity index (χ3v) is 4.82. The lowest BCUT2D eigenvalue weighted by atomic mass is 10.1. The van der Waals surface area contributed by atoms with E-state index in [1.807, 2.05) is 0 Å². The number of fused-ring (bicyclic) bond motifs is 1. The fraction of sp³-hybridized carbons (Fsp3) is 0. The van der Waals surface area contributed by atoms with Crippen LogP contribution in [0.4, 0.5) is 22.7 Å². The van der Waals surface area contributed by atoms with Gasteiger partial charge in [0.2, 0.25) is 0 Å². The average Bonchev–Trinajstić information content (AvgIpc) is 2.71. The van der Waals surface area contributed by atoms with E-state index in [0.717, 1.165) is 0 Å². The van der Waals surface area contributed by atoms with E-state index in [0.29, 0.717) is 56.0 Å². The molecule has 0 aliphatic heterocycles. The molecule has 29 heavy (non-hydrogen) atoms. The van der Waals surface area contributed by atoms with Gasteiger partial charge in [-0.05, 0) is 41.8 Å². The zero-order valence-corrected chi connectivity index (χ0v) is 16.0. The molecule has 0 saturated heterocycles. The van der Waals surface area contributed by atoms with E-state index in [2.05, 4.69) is 29.0 Å². The van der Waals surface area contributed by atoms with Gasteiger partial charge in [-0.1, -0.05) is 16.1 Å². The molecule has 0 heterocycles. The topological polar surface area (TPSA) is 174 Å². The standard InChI is InChI=1S/C16H14N4O7S2/c17-9-2-4-12(14(6-9)29-27-25-23)19-20-16-11(18)3-1-8-5-10(28-26-24-22)7-13(21)15(8)16/h1-7,21-23H,17-18H2. The van der Waals surface area contributed by atoms with Crippen molar-refractivity contribution in [3.8, 4) is 5.75 Å². The van der Waals surface area contributed by atoms with Gasteiger partial charge in [0.05, 0.1) is 40.1 Å². The number of nitrogens with two attached hydrogens (primary N) is 2. The molecule has 11 nitrogen and oxygen atoms in total. The van der Waals surface area contributed by atoms with E-state index in [1.165, 1.54) is 6.07 Å². The third kappa shape index (κ3) is 5.06. The summed E-state index contributed by atoms with van der Waals surface area (Å²) < 4.78 is 8.81. The van der Waals surface area contributed by atoms with Gasteiger partial charge in [0, 0.05) is 10.6 Å². The van der Waals surface area contributed by atoms with Crippen molar-refractivity contribution in [2.45, 2.75) is 9.79 Å². The summed E-state index contributed by atoms with van der Waals surface area (Å²) in [6.07, 6.45) is 0. The maximum absolute atomic E-state index is 10.4. The van der Waals surface area contributed by atoms with Gasteiger partial charge in [-0.2, -0.15) is 0 Å². The lowest BCUT2D eigenvalue weighted by Crippen LogP contribution is -1.88. The first-order valence-electron chi connectivity index (χ1n) is 7.69. The molecule has 152 valence electrons. The SMILES string of the molecule is Nc1ccc(N=Nc2c(N)ccc3cc(SOOO)cc(O)c23)c(SOOO)c1. The molecule has 0 amide bonds. The largest absolute Gasteiger partial charge is 0.507 e. The number of anilines is 2. The smallest absolute Gasteiger partial charge is 0.126 e. The predicted molar refractivity (Wildman–Crippen MR) is 106 cm³/mol. The van der Waals surface area contributed by atoms with Gasteiger partial charge in [-0.25, -0.2) is 10.5 Å². The fourth-order valence-electron chi connectivity index (χ4n) is 2.46. The number of phenols is 1. The normalized spacial score (nSPS) is 11.5. The molecular formula is C16H14N4O7S2. The fourth-order valence-corrected chi connectivity index (χ4v) is 3.39. The van der Waals surface area contributed by atoms with Crippen LogP contribution in [0, 0.1) is 0 Å². The summed E-state index contributed by atoms with van der Waals surface area (Å²) in [5, 5.41) is 43.5. The Kier molecular flexibility index (Phi) is 7.08. The van der Waals surface area contributed by atoms with Crippen LogP contribution in [0.5, 0.6) is 5.75 Å². The van der Waals surface area contributed by atoms with Crippen LogP contribution >= 0.6 is 24.1 Å². The molecule has 3 rings (SSSR count). The molecule has 3 aromatic carbocycles. The highest BCUT2D eigenvalue weighted by Gasteiger charge is 2.13. The molecule has 7 N–H and O–H groups in total. The van der Waals surface area contributed by atoms with E-state index in [1.54, 1.807) is 36.4 Å². The van der Waals surface area contributed by atoms with E-state index in [-0.39, 0.29) is 17.1 Å². The second-order valence-electron chi connectivity index (χ2n) is 5.42. The van der Waals surface area contributed by atoms with Crippen molar-refractivity contribution in [2.24, 2.45) is 10.2 Å². The van der Waals surface area contributed by atoms with E-state index >= 15 is 0 Å². The van der Waals surface area contributed by atoms with Crippen molar-refractivity contribution < 1.29 is 34.4 Å². The number of benzene rings is 3. The Hall–Kier alpha value is -2.62. The first-order valence-corrected chi connectivity index (χ1v) is 9.17. The Balaban J connectivity index is 2.03. The number of phenolic OH excluding ortho intramolecular Hbond substituents is 1. The number of rotatable bonds is 8. The second-order valence-corrected chi connectivity index (χ2v) is 6.94. The quantitative estimate of drug-likeness (QED) is 0.105. The van der Waals surface area contributed by atoms with Crippen LogP contribution in [-0.4, -0.2) is 15.6 Å². The van der Waals surface area contributed by atoms with Crippen LogP contribution in [0.1, 0.15) is 0 Å². The van der Waals surface area contributed by atoms with Crippen molar-refractivity contribution in [1.82, 2.24) is 0 Å². The Labute approximate surface area is 172 Å². The molecule has 0 atom stereocenters. The molecule has 0 saturated carbocycles. The molecule has 0 aliphatic carbocycles. The van der Waals surface area contributed by atoms with Crippen LogP contribution in [0.2, 0.25) is 0 Å². The van der Waals surface area contributed by atoms with Crippen LogP contribution < -0.4 is 11.5 Å². The molecule has 0 bridgehead atoms. The highest BCUT2D eigenvalue weighted by molar-refractivity contribution is 7.94. The Bertz CT molecular complexity index is 1050. The van der Waals surface area contributed by atoms with Crippen molar-refractivity contribution in [2.75, 3.05) is 11.5 Å². The summed E-state index contributed by atoms with van der Waals surface area (Å²) >= 11 is 1.38. The summed E-state index contributed by atoms with van der Waals surface area (Å²) in [7, 11) is 0. The van der Waals surface area contributed by atoms with Crippen LogP contribution in [0.25, 0.3) is 10.8 Å². The van der Waals surface area contributed by atoms with Gasteiger partial charge in [-0.15, -0.1) is 18.9 Å². The number of azo groups is 1. The monoisotopic (exact) mass is 438 g/mol. The Morgan fingerprint density at radius 1 is 0.862 bits per heavy atom. The highest BCUT2D eigenvalue weighted by Crippen LogP contribution is 2.42. The van der Waals surface area contributed by atoms with E-state index < -0.39 is 0 Å². The Morgan fingerprint density at radius 2 is 1.62 bits per heavy atom. The average molecular weight is 438 g/mol. The molecule has 13 heteroatoms. The number of hydrogen-bond donors (Lipinski definition) is 5. The lowest BCUT2D eigenvalue weighted by Gasteiger charge is -2.09. The maximum atomic E-state index is 10.4. The number of hydrogen-bond acceptors (Lipinski definition) is 13. The molecule has 0 radical (unpaired) electrons. The minimum atomic E-state index is -0.128. The molecule has 0 unspecified atom stereocenters. The van der Waals surface area contributed by atoms with Crippen molar-refractivity contribution in [3.05, 3.63) is 42.5 Å². The molecule has 0 aliphatic rings. The maximum Gasteiger partial charge on any atom is 0.126 e. The predicted octanol–water partition coefficient (Wildman–Crippen LogP) is 4.98. The van der Waals surface area contributed by atoms with Crippen LogP contribution in [0.15, 0.2) is 62.5 Å². The minimum Gasteiger partial charge on any atom is -0.507 e. The number of nitrogens with zero attached hydrogens (tertiary/aromatic N) is 2. The van der Waals surface area contributed by atoms with Gasteiger partial charge < -0.3 is 16.6 Å². The number of aromatic hydroxyl groups is 1. The molecular weight excluding hydrogens is 424 g/mol.